The summed E-state index contributed by atoms with van der Waals surface area (Å²) in [5.74, 6) is -3.63. The van der Waals surface area contributed by atoms with Crippen LogP contribution in [-0.4, -0.2) is 79.4 Å². The van der Waals surface area contributed by atoms with Crippen molar-refractivity contribution in [1.82, 2.24) is 30.1 Å². The second kappa shape index (κ2) is 10.2. The molecule has 35 heavy (non-hydrogen) atoms. The molecule has 1 saturated heterocycles. The number of rotatable bonds is 5. The molecule has 3 amide bonds. The Morgan fingerprint density at radius 1 is 1.29 bits per heavy atom. The Balaban J connectivity index is 0.000000429. The molecular formula is C21H23F3N6O5. The van der Waals surface area contributed by atoms with Gasteiger partial charge in [-0.15, -0.1) is 5.10 Å². The van der Waals surface area contributed by atoms with Crippen LogP contribution in [-0.2, 0) is 27.5 Å². The van der Waals surface area contributed by atoms with Crippen molar-refractivity contribution >= 4 is 23.7 Å². The number of nitrogens with zero attached hydrogens (tertiary/aromatic N) is 5. The molecule has 0 aliphatic carbocycles. The van der Waals surface area contributed by atoms with Gasteiger partial charge in [-0.1, -0.05) is 12.1 Å². The van der Waals surface area contributed by atoms with Crippen LogP contribution in [0, 0.1) is 0 Å². The Hall–Kier alpha value is -3.81. The number of nitrogens with one attached hydrogen (secondary N) is 1. The van der Waals surface area contributed by atoms with Gasteiger partial charge in [0.15, 0.2) is 0 Å². The summed E-state index contributed by atoms with van der Waals surface area (Å²) in [6, 6.07) is 4.88. The molecule has 2 aromatic rings. The topological polar surface area (TPSA) is 138 Å². The molecule has 0 saturated carbocycles. The molecule has 1 aromatic carbocycles. The maximum atomic E-state index is 12.8. The number of carboxylic acids is 1. The Kier molecular flexibility index (Phi) is 7.53. The number of halogens is 3. The zero-order valence-electron chi connectivity index (χ0n) is 18.9. The number of hydrogen-bond donors (Lipinski definition) is 2. The molecule has 4 rings (SSSR count). The molecule has 3 heterocycles. The summed E-state index contributed by atoms with van der Waals surface area (Å²) < 4.78 is 33.4. The average Bonchev–Trinajstić information content (AvgIpc) is 3.38. The molecule has 14 heteroatoms. The van der Waals surface area contributed by atoms with Gasteiger partial charge in [-0.05, 0) is 43.8 Å². The van der Waals surface area contributed by atoms with Crippen molar-refractivity contribution in [1.29, 1.82) is 0 Å². The van der Waals surface area contributed by atoms with Gasteiger partial charge in [0.2, 0.25) is 11.8 Å². The minimum Gasteiger partial charge on any atom is -0.475 e. The Bertz CT molecular complexity index is 1150. The van der Waals surface area contributed by atoms with E-state index in [9.17, 15) is 27.6 Å². The fourth-order valence-corrected chi connectivity index (χ4v) is 3.59. The molecule has 1 fully saturated rings. The van der Waals surface area contributed by atoms with Crippen LogP contribution in [0.15, 0.2) is 24.4 Å². The highest BCUT2D eigenvalue weighted by Gasteiger charge is 2.39. The highest BCUT2D eigenvalue weighted by molar-refractivity contribution is 6.05. The average molecular weight is 496 g/mol. The van der Waals surface area contributed by atoms with Crippen LogP contribution in [0.3, 0.4) is 0 Å². The summed E-state index contributed by atoms with van der Waals surface area (Å²) in [6.07, 6.45) is -2.60. The van der Waals surface area contributed by atoms with Gasteiger partial charge in [-0.25, -0.2) is 9.48 Å². The number of carboxylic acid groups (broad SMARTS) is 1. The summed E-state index contributed by atoms with van der Waals surface area (Å²) in [6.45, 7) is 4.05. The lowest BCUT2D eigenvalue weighted by molar-refractivity contribution is -0.192. The van der Waals surface area contributed by atoms with Crippen molar-refractivity contribution in [2.24, 2.45) is 0 Å². The molecule has 1 unspecified atom stereocenters. The molecule has 2 aliphatic heterocycles. The lowest BCUT2D eigenvalue weighted by Crippen LogP contribution is -2.52. The summed E-state index contributed by atoms with van der Waals surface area (Å²) in [7, 11) is 2.02. The van der Waals surface area contributed by atoms with Gasteiger partial charge in [0, 0.05) is 25.1 Å². The number of imide groups is 1. The molecule has 2 aliphatic rings. The van der Waals surface area contributed by atoms with Gasteiger partial charge >= 0.3 is 12.1 Å². The third kappa shape index (κ3) is 6.01. The molecule has 11 nitrogen and oxygen atoms in total. The number of alkyl halides is 3. The molecule has 0 spiro atoms. The number of aromatic nitrogens is 3. The van der Waals surface area contributed by atoms with Gasteiger partial charge in [0.25, 0.3) is 5.91 Å². The molecule has 0 bridgehead atoms. The first-order valence-corrected chi connectivity index (χ1v) is 10.6. The van der Waals surface area contributed by atoms with E-state index in [1.807, 2.05) is 25.4 Å². The number of benzene rings is 1. The largest absolute Gasteiger partial charge is 0.490 e. The van der Waals surface area contributed by atoms with Crippen LogP contribution < -0.4 is 5.32 Å². The number of carbonyl (C=O) groups excluding carboxylic acids is 3. The van der Waals surface area contributed by atoms with E-state index in [-0.39, 0.29) is 18.2 Å². The maximum Gasteiger partial charge on any atom is 0.490 e. The summed E-state index contributed by atoms with van der Waals surface area (Å²) in [4.78, 5) is 48.8. The lowest BCUT2D eigenvalue weighted by Gasteiger charge is -2.29. The van der Waals surface area contributed by atoms with Crippen molar-refractivity contribution in [3.05, 3.63) is 41.2 Å². The van der Waals surface area contributed by atoms with Gasteiger partial charge in [-0.3, -0.25) is 19.7 Å². The zero-order chi connectivity index (χ0) is 25.9. The minimum absolute atomic E-state index is 0.181. The third-order valence-electron chi connectivity index (χ3n) is 5.53. The highest BCUT2D eigenvalue weighted by atomic mass is 19.4. The summed E-state index contributed by atoms with van der Waals surface area (Å²) in [5.41, 5.74) is 3.11. The van der Waals surface area contributed by atoms with Crippen molar-refractivity contribution in [3.8, 4) is 5.69 Å². The first-order valence-electron chi connectivity index (χ1n) is 10.6. The maximum absolute atomic E-state index is 12.8. The van der Waals surface area contributed by atoms with E-state index < -0.39 is 24.1 Å². The first-order chi connectivity index (χ1) is 16.4. The smallest absolute Gasteiger partial charge is 0.475 e. The van der Waals surface area contributed by atoms with E-state index in [0.717, 1.165) is 23.5 Å². The zero-order valence-corrected chi connectivity index (χ0v) is 18.9. The predicted molar refractivity (Wildman–Crippen MR) is 113 cm³/mol. The summed E-state index contributed by atoms with van der Waals surface area (Å²) >= 11 is 0. The van der Waals surface area contributed by atoms with Crippen LogP contribution >= 0.6 is 0 Å². The number of piperidine rings is 1. The van der Waals surface area contributed by atoms with E-state index >= 15 is 0 Å². The summed E-state index contributed by atoms with van der Waals surface area (Å²) in [5, 5.41) is 17.8. The monoisotopic (exact) mass is 496 g/mol. The number of carbonyl (C=O) groups is 4. The SMILES string of the molecule is CCN(C)Cc1cn(-c2ccc3c(c2)CN(C2CCC(=O)NC2=O)C3=O)nn1.O=C(O)C(F)(F)F. The number of fused-ring (bicyclic) bond motifs is 1. The first kappa shape index (κ1) is 25.8. The van der Waals surface area contributed by atoms with E-state index in [1.165, 1.54) is 0 Å². The standard InChI is InChI=1S/C19H22N6O3.C2HF3O2/c1-3-23(2)10-13-11-25(22-21-13)14-4-5-15-12(8-14)9-24(19(15)28)16-6-7-17(26)20-18(16)27;3-2(4,5)1(6)7/h4-5,8,11,16H,3,6-7,9-10H2,1-2H3,(H,20,26,27);(H,6,7). The number of hydrogen-bond acceptors (Lipinski definition) is 7. The quantitative estimate of drug-likeness (QED) is 0.588. The van der Waals surface area contributed by atoms with Crippen LogP contribution in [0.2, 0.25) is 0 Å². The van der Waals surface area contributed by atoms with Crippen LogP contribution in [0.5, 0.6) is 0 Å². The lowest BCUT2D eigenvalue weighted by atomic mass is 10.0. The van der Waals surface area contributed by atoms with E-state index in [4.69, 9.17) is 9.90 Å². The molecule has 1 atom stereocenters. The molecule has 0 radical (unpaired) electrons. The van der Waals surface area contributed by atoms with Gasteiger partial charge in [0.1, 0.15) is 6.04 Å². The second-order valence-electron chi connectivity index (χ2n) is 8.03. The molecule has 2 N–H and O–H groups in total. The molecule has 188 valence electrons. The van der Waals surface area contributed by atoms with Gasteiger partial charge < -0.3 is 14.9 Å². The number of aliphatic carboxylic acids is 1. The fourth-order valence-electron chi connectivity index (χ4n) is 3.59. The van der Waals surface area contributed by atoms with Crippen molar-refractivity contribution in [2.75, 3.05) is 13.6 Å². The van der Waals surface area contributed by atoms with Gasteiger partial charge in [0.05, 0.1) is 17.6 Å². The van der Waals surface area contributed by atoms with Crippen LogP contribution in [0.1, 0.15) is 41.4 Å². The highest BCUT2D eigenvalue weighted by Crippen LogP contribution is 2.29. The van der Waals surface area contributed by atoms with E-state index in [2.05, 4.69) is 27.5 Å². The van der Waals surface area contributed by atoms with Crippen molar-refractivity contribution < 1.29 is 37.5 Å². The molecular weight excluding hydrogens is 473 g/mol. The number of amides is 3. The fraction of sp³-hybridized carbons (Fsp3) is 0.429. The minimum atomic E-state index is -5.08. The van der Waals surface area contributed by atoms with Crippen LogP contribution in [0.25, 0.3) is 5.69 Å². The van der Waals surface area contributed by atoms with E-state index in [0.29, 0.717) is 25.1 Å². The second-order valence-corrected chi connectivity index (χ2v) is 8.03. The van der Waals surface area contributed by atoms with Crippen LogP contribution in [0.4, 0.5) is 13.2 Å². The Morgan fingerprint density at radius 2 is 1.97 bits per heavy atom. The van der Waals surface area contributed by atoms with Crippen molar-refractivity contribution in [2.45, 2.75) is 45.1 Å². The predicted octanol–water partition coefficient (Wildman–Crippen LogP) is 1.11. The van der Waals surface area contributed by atoms with Crippen molar-refractivity contribution in [3.63, 3.8) is 0 Å². The van der Waals surface area contributed by atoms with E-state index in [1.54, 1.807) is 15.6 Å². The van der Waals surface area contributed by atoms with Gasteiger partial charge in [-0.2, -0.15) is 13.2 Å². The normalized spacial score (nSPS) is 17.7. The Morgan fingerprint density at radius 3 is 2.57 bits per heavy atom. The Labute approximate surface area is 197 Å². The third-order valence-corrected chi connectivity index (χ3v) is 5.53. The molecule has 1 aromatic heterocycles.